The van der Waals surface area contributed by atoms with Crippen LogP contribution in [0.25, 0.3) is 11.2 Å². The number of ether oxygens (including phenoxy) is 1. The third kappa shape index (κ3) is 5.59. The molecular weight excluding hydrogens is 416 g/mol. The number of imidazole rings is 1. The number of morpholine rings is 1. The maximum Gasteiger partial charge on any atom is 0.231 e. The summed E-state index contributed by atoms with van der Waals surface area (Å²) < 4.78 is 5.43. The second-order valence-electron chi connectivity index (χ2n) is 9.09. The maximum atomic E-state index is 5.43. The molecule has 1 aliphatic heterocycles. The summed E-state index contributed by atoms with van der Waals surface area (Å²) in [6.45, 7) is 6.90. The molecule has 3 aromatic rings. The summed E-state index contributed by atoms with van der Waals surface area (Å²) in [6.07, 6.45) is 9.96. The molecule has 0 radical (unpaired) electrons. The summed E-state index contributed by atoms with van der Waals surface area (Å²) in [5, 5.41) is 6.98. The summed E-state index contributed by atoms with van der Waals surface area (Å²) in [6, 6.07) is 4.63. The lowest BCUT2D eigenvalue weighted by molar-refractivity contribution is 0.0374. The van der Waals surface area contributed by atoms with Crippen LogP contribution in [0.2, 0.25) is 0 Å². The van der Waals surface area contributed by atoms with Crippen molar-refractivity contribution in [1.29, 1.82) is 0 Å². The highest BCUT2D eigenvalue weighted by molar-refractivity contribution is 5.84. The average molecular weight is 451 g/mol. The van der Waals surface area contributed by atoms with Crippen LogP contribution in [0.15, 0.2) is 18.5 Å². The van der Waals surface area contributed by atoms with Crippen molar-refractivity contribution in [2.24, 2.45) is 0 Å². The molecular formula is C24H34N8O. The molecule has 5 rings (SSSR count). The zero-order valence-electron chi connectivity index (χ0n) is 19.4. The van der Waals surface area contributed by atoms with Gasteiger partial charge in [-0.15, -0.1) is 0 Å². The number of nitrogens with one attached hydrogen (secondary N) is 3. The number of rotatable bonds is 8. The smallest absolute Gasteiger partial charge is 0.231 e. The quantitative estimate of drug-likeness (QED) is 0.476. The van der Waals surface area contributed by atoms with E-state index in [1.165, 1.54) is 32.1 Å². The van der Waals surface area contributed by atoms with E-state index in [-0.39, 0.29) is 0 Å². The van der Waals surface area contributed by atoms with Gasteiger partial charge in [-0.05, 0) is 51.3 Å². The van der Waals surface area contributed by atoms with E-state index >= 15 is 0 Å². The Morgan fingerprint density at radius 3 is 2.76 bits per heavy atom. The largest absolute Gasteiger partial charge is 0.379 e. The predicted molar refractivity (Wildman–Crippen MR) is 130 cm³/mol. The van der Waals surface area contributed by atoms with E-state index in [0.29, 0.717) is 12.0 Å². The normalized spacial score (nSPS) is 18.0. The second kappa shape index (κ2) is 10.4. The first kappa shape index (κ1) is 22.0. The van der Waals surface area contributed by atoms with Gasteiger partial charge in [-0.25, -0.2) is 4.98 Å². The Bertz CT molecular complexity index is 1060. The Balaban J connectivity index is 1.25. The monoisotopic (exact) mass is 450 g/mol. The van der Waals surface area contributed by atoms with Gasteiger partial charge in [0.15, 0.2) is 11.5 Å². The van der Waals surface area contributed by atoms with Gasteiger partial charge >= 0.3 is 0 Å². The number of aromatic nitrogens is 5. The minimum absolute atomic E-state index is 0.446. The third-order valence-electron chi connectivity index (χ3n) is 6.63. The molecule has 0 amide bonds. The Hall–Kier alpha value is -2.78. The molecule has 3 aromatic heterocycles. The van der Waals surface area contributed by atoms with E-state index in [4.69, 9.17) is 14.7 Å². The Morgan fingerprint density at radius 2 is 1.94 bits per heavy atom. The Kier molecular flexibility index (Phi) is 6.97. The van der Waals surface area contributed by atoms with Crippen LogP contribution in [0.1, 0.15) is 49.9 Å². The lowest BCUT2D eigenvalue weighted by Crippen LogP contribution is -2.36. The summed E-state index contributed by atoms with van der Waals surface area (Å²) in [4.78, 5) is 24.2. The second-order valence-corrected chi connectivity index (χ2v) is 9.09. The lowest BCUT2D eigenvalue weighted by atomic mass is 9.95. The van der Waals surface area contributed by atoms with Gasteiger partial charge in [0.25, 0.3) is 0 Å². The highest BCUT2D eigenvalue weighted by Gasteiger charge is 2.18. The molecule has 1 saturated carbocycles. The third-order valence-corrected chi connectivity index (χ3v) is 6.63. The molecule has 2 fully saturated rings. The van der Waals surface area contributed by atoms with Crippen LogP contribution in [0, 0.1) is 6.92 Å². The lowest BCUT2D eigenvalue weighted by Gasteiger charge is -2.26. The fourth-order valence-corrected chi connectivity index (χ4v) is 4.75. The highest BCUT2D eigenvalue weighted by Crippen LogP contribution is 2.26. The van der Waals surface area contributed by atoms with E-state index in [2.05, 4.69) is 42.6 Å². The first-order chi connectivity index (χ1) is 16.2. The summed E-state index contributed by atoms with van der Waals surface area (Å²) in [7, 11) is 0. The highest BCUT2D eigenvalue weighted by atomic mass is 16.5. The van der Waals surface area contributed by atoms with Crippen molar-refractivity contribution in [1.82, 2.24) is 29.8 Å². The summed E-state index contributed by atoms with van der Waals surface area (Å²) in [5.41, 5.74) is 4.52. The van der Waals surface area contributed by atoms with Crippen LogP contribution in [-0.2, 0) is 11.2 Å². The summed E-state index contributed by atoms with van der Waals surface area (Å²) >= 11 is 0. The van der Waals surface area contributed by atoms with Crippen molar-refractivity contribution in [2.75, 3.05) is 43.5 Å². The van der Waals surface area contributed by atoms with Gasteiger partial charge in [-0.1, -0.05) is 19.3 Å². The number of fused-ring (bicyclic) bond motifs is 1. The number of H-pyrrole nitrogens is 1. The zero-order valence-corrected chi connectivity index (χ0v) is 19.4. The number of aromatic amines is 1. The van der Waals surface area contributed by atoms with Gasteiger partial charge in [-0.3, -0.25) is 9.88 Å². The molecule has 1 aliphatic carbocycles. The molecule has 0 bridgehead atoms. The topological polar surface area (TPSA) is 104 Å². The van der Waals surface area contributed by atoms with Crippen molar-refractivity contribution in [2.45, 2.75) is 57.9 Å². The Labute approximate surface area is 194 Å². The molecule has 0 atom stereocenters. The Morgan fingerprint density at radius 1 is 1.09 bits per heavy atom. The number of aryl methyl sites for hydroxylation is 2. The van der Waals surface area contributed by atoms with Crippen LogP contribution in [0.4, 0.5) is 17.5 Å². The average Bonchev–Trinajstić information content (AvgIpc) is 3.31. The van der Waals surface area contributed by atoms with E-state index in [0.717, 1.165) is 79.7 Å². The minimum atomic E-state index is 0.446. The SMILES string of the molecule is Cc1nc(CCCN2CCOCC2)ccc1Nc1nc(NC2CCCCC2)c2nc[nH]c2n1. The van der Waals surface area contributed by atoms with Crippen LogP contribution < -0.4 is 10.6 Å². The van der Waals surface area contributed by atoms with Crippen LogP contribution in [0.3, 0.4) is 0 Å². The molecule has 3 N–H and O–H groups in total. The number of hydrogen-bond donors (Lipinski definition) is 3. The molecule has 2 aliphatic rings. The molecule has 1 saturated heterocycles. The molecule has 0 aromatic carbocycles. The van der Waals surface area contributed by atoms with Gasteiger partial charge < -0.3 is 20.4 Å². The predicted octanol–water partition coefficient (Wildman–Crippen LogP) is 3.81. The summed E-state index contributed by atoms with van der Waals surface area (Å²) in [5.74, 6) is 1.34. The van der Waals surface area contributed by atoms with Gasteiger partial charge in [0, 0.05) is 24.8 Å². The van der Waals surface area contributed by atoms with Gasteiger partial charge in [0.2, 0.25) is 5.95 Å². The maximum absolute atomic E-state index is 5.43. The van der Waals surface area contributed by atoms with E-state index in [1.807, 2.05) is 6.92 Å². The minimum Gasteiger partial charge on any atom is -0.379 e. The van der Waals surface area contributed by atoms with Crippen LogP contribution in [0.5, 0.6) is 0 Å². The van der Waals surface area contributed by atoms with E-state index < -0.39 is 0 Å². The van der Waals surface area contributed by atoms with Gasteiger partial charge in [0.05, 0.1) is 30.9 Å². The van der Waals surface area contributed by atoms with Gasteiger partial charge in [0.1, 0.15) is 5.52 Å². The van der Waals surface area contributed by atoms with Crippen molar-refractivity contribution in [3.8, 4) is 0 Å². The van der Waals surface area contributed by atoms with Crippen LogP contribution >= 0.6 is 0 Å². The van der Waals surface area contributed by atoms with E-state index in [9.17, 15) is 0 Å². The van der Waals surface area contributed by atoms with E-state index in [1.54, 1.807) is 6.33 Å². The van der Waals surface area contributed by atoms with Crippen LogP contribution in [-0.4, -0.2) is 68.7 Å². The first-order valence-corrected chi connectivity index (χ1v) is 12.3. The molecule has 4 heterocycles. The van der Waals surface area contributed by atoms with Crippen molar-refractivity contribution in [3.63, 3.8) is 0 Å². The standard InChI is InChI=1S/C24H34N8O/c1-17-20(10-9-19(27-17)8-5-11-32-12-14-33-15-13-32)29-24-30-22-21(25-16-26-22)23(31-24)28-18-6-3-2-4-7-18/h9-10,16,18H,2-8,11-15H2,1H3,(H3,25,26,28,29,30,31). The number of anilines is 3. The molecule has 9 heteroatoms. The number of hydrogen-bond acceptors (Lipinski definition) is 8. The van der Waals surface area contributed by atoms with Gasteiger partial charge in [-0.2, -0.15) is 9.97 Å². The molecule has 9 nitrogen and oxygen atoms in total. The zero-order chi connectivity index (χ0) is 22.5. The molecule has 176 valence electrons. The molecule has 0 spiro atoms. The molecule has 0 unspecified atom stereocenters. The van der Waals surface area contributed by atoms with Crippen molar-refractivity contribution < 1.29 is 4.74 Å². The number of nitrogens with zero attached hydrogens (tertiary/aromatic N) is 5. The first-order valence-electron chi connectivity index (χ1n) is 12.3. The van der Waals surface area contributed by atoms with Crippen molar-refractivity contribution in [3.05, 3.63) is 29.8 Å². The number of pyridine rings is 1. The fourth-order valence-electron chi connectivity index (χ4n) is 4.75. The fraction of sp³-hybridized carbons (Fsp3) is 0.583. The van der Waals surface area contributed by atoms with Crippen molar-refractivity contribution >= 4 is 28.6 Å². The molecule has 33 heavy (non-hydrogen) atoms.